The van der Waals surface area contributed by atoms with E-state index in [0.717, 1.165) is 6.42 Å². The fourth-order valence-electron chi connectivity index (χ4n) is 2.50. The Bertz CT molecular complexity index is 844. The molecule has 0 saturated heterocycles. The second-order valence-corrected chi connectivity index (χ2v) is 6.06. The lowest BCUT2D eigenvalue weighted by Gasteiger charge is -2.09. The van der Waals surface area contributed by atoms with Crippen molar-refractivity contribution in [2.45, 2.75) is 26.2 Å². The number of carbonyl (C=O) groups is 3. The fourth-order valence-corrected chi connectivity index (χ4v) is 2.50. The molecule has 2 rings (SSSR count). The van der Waals surface area contributed by atoms with Crippen molar-refractivity contribution in [2.24, 2.45) is 0 Å². The van der Waals surface area contributed by atoms with E-state index < -0.39 is 5.97 Å². The molecule has 0 radical (unpaired) electrons. The Kier molecular flexibility index (Phi) is 7.56. The van der Waals surface area contributed by atoms with Crippen LogP contribution in [0, 0.1) is 0 Å². The summed E-state index contributed by atoms with van der Waals surface area (Å²) in [5.74, 6) is -0.759. The highest BCUT2D eigenvalue weighted by Gasteiger charge is 2.13. The first-order valence-corrected chi connectivity index (χ1v) is 8.91. The first kappa shape index (κ1) is 21.0. The largest absolute Gasteiger partial charge is 0.496 e. The molecule has 0 saturated carbocycles. The highest BCUT2D eigenvalue weighted by Crippen LogP contribution is 2.23. The third-order valence-corrected chi connectivity index (χ3v) is 3.94. The molecule has 2 N–H and O–H groups in total. The summed E-state index contributed by atoms with van der Waals surface area (Å²) in [7, 11) is 1.35. The number of methoxy groups -OCH3 is 1. The van der Waals surface area contributed by atoms with Crippen LogP contribution in [-0.2, 0) is 4.79 Å². The number of carboxylic acid groups (broad SMARTS) is 1. The molecule has 0 atom stereocenters. The zero-order valence-corrected chi connectivity index (χ0v) is 15.9. The van der Waals surface area contributed by atoms with E-state index in [9.17, 15) is 14.4 Å². The van der Waals surface area contributed by atoms with E-state index in [1.165, 1.54) is 25.3 Å². The molecule has 1 amide bonds. The summed E-state index contributed by atoms with van der Waals surface area (Å²) in [6.07, 6.45) is 0.974. The Hall–Kier alpha value is -3.35. The number of carboxylic acids is 1. The SMILES string of the molecule is CCCOc1ccc(C(=O)CCC(=O)Nc2ccc(C(=O)O)c(OC)c2)cc1. The van der Waals surface area contributed by atoms with Gasteiger partial charge in [-0.1, -0.05) is 6.92 Å². The molecule has 2 aromatic carbocycles. The number of ether oxygens (including phenoxy) is 2. The summed E-state index contributed by atoms with van der Waals surface area (Å²) in [4.78, 5) is 35.4. The molecule has 7 nitrogen and oxygen atoms in total. The number of benzene rings is 2. The van der Waals surface area contributed by atoms with Crippen LogP contribution >= 0.6 is 0 Å². The highest BCUT2D eigenvalue weighted by atomic mass is 16.5. The molecular formula is C21H23NO6. The summed E-state index contributed by atoms with van der Waals surface area (Å²) in [6, 6.07) is 11.1. The minimum atomic E-state index is -1.12. The quantitative estimate of drug-likeness (QED) is 0.604. The van der Waals surface area contributed by atoms with E-state index in [1.54, 1.807) is 24.3 Å². The normalized spacial score (nSPS) is 10.2. The monoisotopic (exact) mass is 385 g/mol. The Morgan fingerprint density at radius 1 is 1.04 bits per heavy atom. The summed E-state index contributed by atoms with van der Waals surface area (Å²) in [6.45, 7) is 2.63. The Labute approximate surface area is 163 Å². The summed E-state index contributed by atoms with van der Waals surface area (Å²) >= 11 is 0. The van der Waals surface area contributed by atoms with Gasteiger partial charge in [0.2, 0.25) is 5.91 Å². The van der Waals surface area contributed by atoms with Gasteiger partial charge in [0.15, 0.2) is 5.78 Å². The maximum absolute atomic E-state index is 12.2. The molecule has 2 aromatic rings. The van der Waals surface area contributed by atoms with Gasteiger partial charge in [0.05, 0.1) is 13.7 Å². The smallest absolute Gasteiger partial charge is 0.339 e. The van der Waals surface area contributed by atoms with Gasteiger partial charge in [-0.05, 0) is 42.8 Å². The lowest BCUT2D eigenvalue weighted by molar-refractivity contribution is -0.116. The Morgan fingerprint density at radius 2 is 1.75 bits per heavy atom. The van der Waals surface area contributed by atoms with Crippen LogP contribution in [0.15, 0.2) is 42.5 Å². The van der Waals surface area contributed by atoms with Crippen LogP contribution < -0.4 is 14.8 Å². The van der Waals surface area contributed by atoms with E-state index in [2.05, 4.69) is 5.32 Å². The van der Waals surface area contributed by atoms with Crippen molar-refractivity contribution < 1.29 is 29.0 Å². The van der Waals surface area contributed by atoms with Crippen molar-refractivity contribution in [1.29, 1.82) is 0 Å². The van der Waals surface area contributed by atoms with E-state index >= 15 is 0 Å². The second-order valence-electron chi connectivity index (χ2n) is 6.06. The lowest BCUT2D eigenvalue weighted by atomic mass is 10.1. The van der Waals surface area contributed by atoms with E-state index in [-0.39, 0.29) is 35.8 Å². The Balaban J connectivity index is 1.89. The maximum Gasteiger partial charge on any atom is 0.339 e. The fraction of sp³-hybridized carbons (Fsp3) is 0.286. The first-order valence-electron chi connectivity index (χ1n) is 8.91. The number of hydrogen-bond acceptors (Lipinski definition) is 5. The third-order valence-electron chi connectivity index (χ3n) is 3.94. The lowest BCUT2D eigenvalue weighted by Crippen LogP contribution is -2.14. The molecule has 0 fully saturated rings. The predicted molar refractivity (Wildman–Crippen MR) is 104 cm³/mol. The van der Waals surface area contributed by atoms with Gasteiger partial charge in [0.25, 0.3) is 0 Å². The molecule has 0 heterocycles. The van der Waals surface area contributed by atoms with Crippen LogP contribution in [0.4, 0.5) is 5.69 Å². The minimum absolute atomic E-state index is 0.00189. The molecular weight excluding hydrogens is 362 g/mol. The molecule has 0 spiro atoms. The number of anilines is 1. The van der Waals surface area contributed by atoms with Gasteiger partial charge in [0, 0.05) is 30.2 Å². The van der Waals surface area contributed by atoms with E-state index in [1.807, 2.05) is 6.92 Å². The molecule has 0 aliphatic heterocycles. The number of rotatable bonds is 10. The first-order chi connectivity index (χ1) is 13.4. The maximum atomic E-state index is 12.2. The van der Waals surface area contributed by atoms with Crippen LogP contribution in [0.5, 0.6) is 11.5 Å². The zero-order valence-electron chi connectivity index (χ0n) is 15.9. The number of carbonyl (C=O) groups excluding carboxylic acids is 2. The number of ketones is 1. The van der Waals surface area contributed by atoms with Gasteiger partial charge in [-0.3, -0.25) is 9.59 Å². The molecule has 0 aliphatic rings. The van der Waals surface area contributed by atoms with E-state index in [4.69, 9.17) is 14.6 Å². The molecule has 148 valence electrons. The standard InChI is InChI=1S/C21H23NO6/c1-3-12-28-16-7-4-14(5-8-16)18(23)10-11-20(24)22-15-6-9-17(21(25)26)19(13-15)27-2/h4-9,13H,3,10-12H2,1-2H3,(H,22,24)(H,25,26). The van der Waals surface area contributed by atoms with Gasteiger partial charge in [-0.25, -0.2) is 4.79 Å². The third kappa shape index (κ3) is 5.84. The van der Waals surface area contributed by atoms with Crippen molar-refractivity contribution >= 4 is 23.3 Å². The zero-order chi connectivity index (χ0) is 20.5. The minimum Gasteiger partial charge on any atom is -0.496 e. The molecule has 7 heteroatoms. The average molecular weight is 385 g/mol. The number of Topliss-reactive ketones (excluding diaryl/α,β-unsaturated/α-hetero) is 1. The average Bonchev–Trinajstić information content (AvgIpc) is 2.70. The Morgan fingerprint density at radius 3 is 2.36 bits per heavy atom. The number of nitrogens with one attached hydrogen (secondary N) is 1. The van der Waals surface area contributed by atoms with Crippen LogP contribution in [0.1, 0.15) is 46.9 Å². The van der Waals surface area contributed by atoms with Crippen molar-refractivity contribution in [3.05, 3.63) is 53.6 Å². The van der Waals surface area contributed by atoms with E-state index in [0.29, 0.717) is 23.6 Å². The van der Waals surface area contributed by atoms with Crippen molar-refractivity contribution in [3.8, 4) is 11.5 Å². The van der Waals surface area contributed by atoms with Gasteiger partial charge in [-0.2, -0.15) is 0 Å². The molecule has 0 unspecified atom stereocenters. The second kappa shape index (κ2) is 10.1. The summed E-state index contributed by atoms with van der Waals surface area (Å²) in [5, 5.41) is 11.7. The molecule has 0 aromatic heterocycles. The summed E-state index contributed by atoms with van der Waals surface area (Å²) in [5.41, 5.74) is 0.919. The van der Waals surface area contributed by atoms with Crippen LogP contribution in [0.25, 0.3) is 0 Å². The van der Waals surface area contributed by atoms with Gasteiger partial charge < -0.3 is 19.9 Å². The van der Waals surface area contributed by atoms with Crippen molar-refractivity contribution in [3.63, 3.8) is 0 Å². The van der Waals surface area contributed by atoms with Crippen molar-refractivity contribution in [2.75, 3.05) is 19.0 Å². The van der Waals surface area contributed by atoms with Gasteiger partial charge >= 0.3 is 5.97 Å². The van der Waals surface area contributed by atoms with Crippen LogP contribution in [0.2, 0.25) is 0 Å². The summed E-state index contributed by atoms with van der Waals surface area (Å²) < 4.78 is 10.5. The van der Waals surface area contributed by atoms with Gasteiger partial charge in [0.1, 0.15) is 17.1 Å². The topological polar surface area (TPSA) is 102 Å². The number of hydrogen-bond donors (Lipinski definition) is 2. The van der Waals surface area contributed by atoms with Crippen molar-refractivity contribution in [1.82, 2.24) is 0 Å². The van der Waals surface area contributed by atoms with Crippen LogP contribution in [0.3, 0.4) is 0 Å². The highest BCUT2D eigenvalue weighted by molar-refractivity contribution is 6.00. The number of aromatic carboxylic acids is 1. The van der Waals surface area contributed by atoms with Gasteiger partial charge in [-0.15, -0.1) is 0 Å². The molecule has 28 heavy (non-hydrogen) atoms. The van der Waals surface area contributed by atoms with Crippen LogP contribution in [-0.4, -0.2) is 36.5 Å². The predicted octanol–water partition coefficient (Wildman–Crippen LogP) is 3.78. The number of amides is 1. The molecule has 0 aliphatic carbocycles. The molecule has 0 bridgehead atoms.